The normalized spacial score (nSPS) is 21.1. The summed E-state index contributed by atoms with van der Waals surface area (Å²) in [5.41, 5.74) is 3.79. The number of thiazole rings is 1. The van der Waals surface area contributed by atoms with Gasteiger partial charge in [0.2, 0.25) is 5.91 Å². The molecule has 9 heteroatoms. The van der Waals surface area contributed by atoms with Gasteiger partial charge in [-0.3, -0.25) is 4.79 Å². The van der Waals surface area contributed by atoms with Crippen molar-refractivity contribution in [3.63, 3.8) is 0 Å². The van der Waals surface area contributed by atoms with Crippen molar-refractivity contribution in [2.75, 3.05) is 36.4 Å². The van der Waals surface area contributed by atoms with Crippen LogP contribution in [0.2, 0.25) is 0 Å². The lowest BCUT2D eigenvalue weighted by Crippen LogP contribution is -2.41. The Kier molecular flexibility index (Phi) is 6.37. The molecule has 2 saturated carbocycles. The number of benzene rings is 1. The molecular formula is C24H32N4O3S2. The maximum Gasteiger partial charge on any atom is 0.228 e. The highest BCUT2D eigenvalue weighted by atomic mass is 32.3. The maximum absolute atomic E-state index is 12.9. The number of hydrogen-bond donors (Lipinski definition) is 1. The third-order valence-corrected chi connectivity index (χ3v) is 8.37. The molecule has 2 aromatic heterocycles. The number of carbonyl (C=O) groups excluding carboxylic acids is 1. The van der Waals surface area contributed by atoms with Gasteiger partial charge in [-0.1, -0.05) is 6.07 Å². The molecule has 0 bridgehead atoms. The van der Waals surface area contributed by atoms with Crippen molar-refractivity contribution >= 4 is 43.3 Å². The largest absolute Gasteiger partial charge is 0.488 e. The molecule has 178 valence electrons. The van der Waals surface area contributed by atoms with Crippen molar-refractivity contribution in [3.8, 4) is 5.75 Å². The summed E-state index contributed by atoms with van der Waals surface area (Å²) in [6.07, 6.45) is 10.7. The minimum atomic E-state index is -0.589. The highest BCUT2D eigenvalue weighted by Crippen LogP contribution is 2.41. The van der Waals surface area contributed by atoms with Crippen molar-refractivity contribution in [1.29, 1.82) is 0 Å². The van der Waals surface area contributed by atoms with E-state index in [1.54, 1.807) is 16.0 Å². The van der Waals surface area contributed by atoms with E-state index in [0.29, 0.717) is 32.1 Å². The number of aromatic nitrogens is 3. The number of carbonyl (C=O) groups is 1. The van der Waals surface area contributed by atoms with Gasteiger partial charge in [-0.25, -0.2) is 19.7 Å². The summed E-state index contributed by atoms with van der Waals surface area (Å²) in [6.45, 7) is 1.07. The molecule has 2 aliphatic rings. The highest BCUT2D eigenvalue weighted by Gasteiger charge is 2.37. The Bertz CT molecular complexity index is 1130. The van der Waals surface area contributed by atoms with E-state index in [1.807, 2.05) is 29.8 Å². The van der Waals surface area contributed by atoms with Crippen LogP contribution < -0.4 is 10.1 Å². The minimum Gasteiger partial charge on any atom is -0.488 e. The average molecular weight is 489 g/mol. The molecule has 7 nitrogen and oxygen atoms in total. The van der Waals surface area contributed by atoms with Crippen LogP contribution in [0.25, 0.3) is 10.2 Å². The zero-order valence-corrected chi connectivity index (χ0v) is 21.1. The monoisotopic (exact) mass is 488 g/mol. The molecule has 3 aromatic rings. The Morgan fingerprint density at radius 2 is 2.09 bits per heavy atom. The number of rotatable bonds is 10. The maximum atomic E-state index is 12.9. The van der Waals surface area contributed by atoms with Gasteiger partial charge in [0.05, 0.1) is 22.5 Å². The molecule has 0 spiro atoms. The molecule has 0 unspecified atom stereocenters. The van der Waals surface area contributed by atoms with Gasteiger partial charge < -0.3 is 14.8 Å². The molecule has 2 aliphatic carbocycles. The minimum absolute atomic E-state index is 0.0318. The predicted octanol–water partition coefficient (Wildman–Crippen LogP) is 4.83. The second kappa shape index (κ2) is 9.27. The SMILES string of the molecule is CS(C)(C)CCOCn1nc(C2CC2)cc1NC(=O)[C@H]1C[C@H](Oc2cccc3scnc23)C1. The van der Waals surface area contributed by atoms with Gasteiger partial charge in [0.1, 0.15) is 29.9 Å². The van der Waals surface area contributed by atoms with Gasteiger partial charge >= 0.3 is 0 Å². The molecule has 1 amide bonds. The van der Waals surface area contributed by atoms with Crippen LogP contribution >= 0.6 is 21.4 Å². The summed E-state index contributed by atoms with van der Waals surface area (Å²) < 4.78 is 15.0. The van der Waals surface area contributed by atoms with Crippen LogP contribution in [-0.2, 0) is 16.3 Å². The first-order valence-electron chi connectivity index (χ1n) is 11.5. The number of hydrogen-bond acceptors (Lipinski definition) is 6. The number of fused-ring (bicyclic) bond motifs is 1. The van der Waals surface area contributed by atoms with E-state index in [-0.39, 0.29) is 17.9 Å². The first-order chi connectivity index (χ1) is 15.9. The van der Waals surface area contributed by atoms with E-state index in [0.717, 1.165) is 33.2 Å². The number of nitrogens with zero attached hydrogens (tertiary/aromatic N) is 3. The second-order valence-corrected chi connectivity index (χ2v) is 15.4. The Morgan fingerprint density at radius 3 is 2.85 bits per heavy atom. The molecule has 5 rings (SSSR count). The average Bonchev–Trinajstić information content (AvgIpc) is 3.33. The summed E-state index contributed by atoms with van der Waals surface area (Å²) in [7, 11) is -0.589. The second-order valence-electron chi connectivity index (χ2n) is 9.91. The number of nitrogens with one attached hydrogen (secondary N) is 1. The van der Waals surface area contributed by atoms with Gasteiger partial charge in [-0.2, -0.15) is 5.10 Å². The van der Waals surface area contributed by atoms with Crippen LogP contribution in [0.4, 0.5) is 5.82 Å². The zero-order valence-electron chi connectivity index (χ0n) is 19.5. The summed E-state index contributed by atoms with van der Waals surface area (Å²) in [4.78, 5) is 17.3. The van der Waals surface area contributed by atoms with E-state index >= 15 is 0 Å². The van der Waals surface area contributed by atoms with Gasteiger partial charge in [-0.05, 0) is 56.6 Å². The molecular weight excluding hydrogens is 456 g/mol. The van der Waals surface area contributed by atoms with E-state index < -0.39 is 10.0 Å². The van der Waals surface area contributed by atoms with Crippen LogP contribution in [0.5, 0.6) is 5.75 Å². The fourth-order valence-electron chi connectivity index (χ4n) is 3.91. The van der Waals surface area contributed by atoms with Crippen LogP contribution in [0.15, 0.2) is 29.8 Å². The number of amides is 1. The highest BCUT2D eigenvalue weighted by molar-refractivity contribution is 8.32. The molecule has 1 aromatic carbocycles. The van der Waals surface area contributed by atoms with E-state index in [4.69, 9.17) is 14.6 Å². The van der Waals surface area contributed by atoms with Crippen molar-refractivity contribution < 1.29 is 14.3 Å². The van der Waals surface area contributed by atoms with Crippen molar-refractivity contribution in [2.24, 2.45) is 5.92 Å². The smallest absolute Gasteiger partial charge is 0.228 e. The van der Waals surface area contributed by atoms with Crippen molar-refractivity contribution in [1.82, 2.24) is 14.8 Å². The summed E-state index contributed by atoms with van der Waals surface area (Å²) in [6, 6.07) is 8.00. The van der Waals surface area contributed by atoms with Gasteiger partial charge in [0.25, 0.3) is 0 Å². The lowest BCUT2D eigenvalue weighted by molar-refractivity contribution is -0.125. The first kappa shape index (κ1) is 22.7. The van der Waals surface area contributed by atoms with Gasteiger partial charge in [0, 0.05) is 23.7 Å². The zero-order chi connectivity index (χ0) is 23.0. The summed E-state index contributed by atoms with van der Waals surface area (Å²) in [5, 5.41) is 7.81. The quantitative estimate of drug-likeness (QED) is 0.414. The molecule has 1 N–H and O–H groups in total. The summed E-state index contributed by atoms with van der Waals surface area (Å²) >= 11 is 1.61. The fourth-order valence-corrected chi connectivity index (χ4v) is 5.23. The standard InChI is InChI=1S/C24H32N4O3S2/c1-33(2,3)10-9-30-15-28-22(13-19(27-28)16-7-8-16)26-24(29)17-11-18(12-17)31-20-5-4-6-21-23(20)25-14-32-21/h4-6,13-14,16-18H,7-12,15H2,1-3H3,(H,26,29)/t17-,18-. The molecule has 0 aliphatic heterocycles. The van der Waals surface area contributed by atoms with E-state index in [2.05, 4.69) is 29.1 Å². The molecule has 0 atom stereocenters. The Morgan fingerprint density at radius 1 is 1.27 bits per heavy atom. The number of para-hydroxylation sites is 1. The number of anilines is 1. The molecule has 33 heavy (non-hydrogen) atoms. The Hall–Kier alpha value is -2.10. The third-order valence-electron chi connectivity index (χ3n) is 6.18. The van der Waals surface area contributed by atoms with Crippen molar-refractivity contribution in [3.05, 3.63) is 35.5 Å². The fraction of sp³-hybridized carbons (Fsp3) is 0.542. The van der Waals surface area contributed by atoms with E-state index in [1.165, 1.54) is 12.8 Å². The molecule has 2 fully saturated rings. The lowest BCUT2D eigenvalue weighted by Gasteiger charge is -2.34. The van der Waals surface area contributed by atoms with Gasteiger partial charge in [-0.15, -0.1) is 11.3 Å². The summed E-state index contributed by atoms with van der Waals surface area (Å²) in [5.74, 6) is 3.10. The number of ether oxygens (including phenoxy) is 2. The Labute approximate surface area is 200 Å². The van der Waals surface area contributed by atoms with Crippen LogP contribution in [0.3, 0.4) is 0 Å². The van der Waals surface area contributed by atoms with Crippen LogP contribution in [-0.4, -0.2) is 57.9 Å². The third kappa shape index (κ3) is 5.53. The first-order valence-corrected chi connectivity index (χ1v) is 15.4. The topological polar surface area (TPSA) is 78.3 Å². The van der Waals surface area contributed by atoms with E-state index in [9.17, 15) is 4.79 Å². The lowest BCUT2D eigenvalue weighted by atomic mass is 9.81. The van der Waals surface area contributed by atoms with Crippen LogP contribution in [0.1, 0.15) is 37.3 Å². The predicted molar refractivity (Wildman–Crippen MR) is 136 cm³/mol. The van der Waals surface area contributed by atoms with Crippen molar-refractivity contribution in [2.45, 2.75) is 44.4 Å². The molecule has 2 heterocycles. The van der Waals surface area contributed by atoms with Crippen LogP contribution in [0, 0.1) is 5.92 Å². The molecule has 0 radical (unpaired) electrons. The Balaban J connectivity index is 1.16. The molecule has 0 saturated heterocycles. The van der Waals surface area contributed by atoms with Gasteiger partial charge in [0.15, 0.2) is 0 Å².